The molecule has 0 aliphatic carbocycles. The molecular weight excluding hydrogens is 526 g/mol. The molecule has 0 spiro atoms. The van der Waals surface area contributed by atoms with Crippen LogP contribution in [0.4, 0.5) is 5.69 Å². The number of hydrogen-bond acceptors (Lipinski definition) is 5. The summed E-state index contributed by atoms with van der Waals surface area (Å²) in [5.74, 6) is -1.66. The fourth-order valence-corrected chi connectivity index (χ4v) is 4.87. The van der Waals surface area contributed by atoms with Crippen LogP contribution in [-0.2, 0) is 16.2 Å². The number of carboxylic acid groups (broad SMARTS) is 1. The number of ether oxygens (including phenoxy) is 1. The van der Waals surface area contributed by atoms with Gasteiger partial charge in [-0.2, -0.15) is 0 Å². The van der Waals surface area contributed by atoms with Gasteiger partial charge in [0, 0.05) is 17.1 Å². The largest absolute Gasteiger partial charge is 0.489 e. The normalized spacial score (nSPS) is 14.4. The first-order valence-corrected chi connectivity index (χ1v) is 12.8. The monoisotopic (exact) mass is 551 g/mol. The lowest BCUT2D eigenvalue weighted by molar-refractivity contribution is -0.122. The van der Waals surface area contributed by atoms with Crippen LogP contribution in [0.2, 0.25) is 0 Å². The number of aromatic nitrogens is 1. The summed E-state index contributed by atoms with van der Waals surface area (Å²) in [5, 5.41) is 11.8. The molecule has 0 atom stereocenters. The topological polar surface area (TPSA) is 101 Å². The average molecular weight is 552 g/mol. The highest BCUT2D eigenvalue weighted by molar-refractivity contribution is 7.80. The molecule has 1 fully saturated rings. The SMILES string of the molecule is Cc1cc(C=C2C(=O)NC(=S)N(c3cccc(C(=O)O)c3)C2=O)c(C)n1-c1ccc(OCc2ccccc2)cc1. The number of carbonyl (C=O) groups is 3. The van der Waals surface area contributed by atoms with Gasteiger partial charge in [0.25, 0.3) is 11.8 Å². The molecule has 0 radical (unpaired) electrons. The van der Waals surface area contributed by atoms with Crippen LogP contribution in [0, 0.1) is 13.8 Å². The number of amides is 2. The minimum atomic E-state index is -1.14. The van der Waals surface area contributed by atoms with Crippen molar-refractivity contribution in [3.8, 4) is 11.4 Å². The number of aryl methyl sites for hydroxylation is 1. The first-order chi connectivity index (χ1) is 19.2. The standard InChI is InChI=1S/C31H25N3O5S/c1-19-15-23(20(2)33(19)24-11-13-26(14-12-24)39-18-21-7-4-3-5-8-21)17-27-28(35)32-31(40)34(29(27)36)25-10-6-9-22(16-25)30(37)38/h3-17H,18H2,1-2H3,(H,37,38)(H,32,35,40). The lowest BCUT2D eigenvalue weighted by atomic mass is 10.1. The molecule has 2 amide bonds. The van der Waals surface area contributed by atoms with Crippen molar-refractivity contribution in [1.82, 2.24) is 9.88 Å². The summed E-state index contributed by atoms with van der Waals surface area (Å²) in [5.41, 5.74) is 4.54. The van der Waals surface area contributed by atoms with Crippen molar-refractivity contribution in [2.75, 3.05) is 4.90 Å². The summed E-state index contributed by atoms with van der Waals surface area (Å²) < 4.78 is 7.93. The third-order valence-corrected chi connectivity index (χ3v) is 6.85. The second kappa shape index (κ2) is 11.0. The molecule has 1 saturated heterocycles. The smallest absolute Gasteiger partial charge is 0.335 e. The first-order valence-electron chi connectivity index (χ1n) is 12.4. The summed E-state index contributed by atoms with van der Waals surface area (Å²) in [6.45, 7) is 4.32. The van der Waals surface area contributed by atoms with Gasteiger partial charge in [0.1, 0.15) is 17.9 Å². The molecule has 3 aromatic carbocycles. The Bertz CT molecular complexity index is 1670. The van der Waals surface area contributed by atoms with Crippen LogP contribution < -0.4 is 15.0 Å². The van der Waals surface area contributed by atoms with Crippen LogP contribution in [0.15, 0.2) is 90.5 Å². The minimum absolute atomic E-state index is 0.00411. The van der Waals surface area contributed by atoms with Gasteiger partial charge in [-0.25, -0.2) is 4.79 Å². The van der Waals surface area contributed by atoms with Gasteiger partial charge >= 0.3 is 5.97 Å². The maximum Gasteiger partial charge on any atom is 0.335 e. The van der Waals surface area contributed by atoms with E-state index >= 15 is 0 Å². The van der Waals surface area contributed by atoms with Crippen LogP contribution in [-0.4, -0.2) is 32.6 Å². The summed E-state index contributed by atoms with van der Waals surface area (Å²) in [4.78, 5) is 38.8. The summed E-state index contributed by atoms with van der Waals surface area (Å²) >= 11 is 5.25. The van der Waals surface area contributed by atoms with E-state index in [1.54, 1.807) is 6.07 Å². The van der Waals surface area contributed by atoms with Crippen molar-refractivity contribution in [3.05, 3.63) is 119 Å². The molecule has 1 aliphatic rings. The zero-order chi connectivity index (χ0) is 28.4. The van der Waals surface area contributed by atoms with Gasteiger partial charge in [-0.05, 0) is 91.8 Å². The fourth-order valence-electron chi connectivity index (χ4n) is 4.59. The van der Waals surface area contributed by atoms with Gasteiger partial charge in [-0.3, -0.25) is 19.8 Å². The van der Waals surface area contributed by atoms with Crippen LogP contribution in [0.5, 0.6) is 5.75 Å². The van der Waals surface area contributed by atoms with E-state index in [-0.39, 0.29) is 21.9 Å². The van der Waals surface area contributed by atoms with E-state index in [9.17, 15) is 19.5 Å². The quantitative estimate of drug-likeness (QED) is 0.186. The molecule has 1 aliphatic heterocycles. The van der Waals surface area contributed by atoms with Crippen LogP contribution >= 0.6 is 12.2 Å². The van der Waals surface area contributed by atoms with E-state index < -0.39 is 17.8 Å². The molecular formula is C31H25N3O5S. The van der Waals surface area contributed by atoms with E-state index in [0.29, 0.717) is 12.2 Å². The Morgan fingerprint density at radius 2 is 1.68 bits per heavy atom. The highest BCUT2D eigenvalue weighted by atomic mass is 32.1. The predicted octanol–water partition coefficient (Wildman–Crippen LogP) is 5.20. The Hall–Kier alpha value is -5.02. The lowest BCUT2D eigenvalue weighted by Gasteiger charge is -2.29. The molecule has 1 aromatic heterocycles. The zero-order valence-corrected chi connectivity index (χ0v) is 22.6. The molecule has 0 saturated carbocycles. The van der Waals surface area contributed by atoms with Gasteiger partial charge in [0.2, 0.25) is 0 Å². The number of nitrogens with one attached hydrogen (secondary N) is 1. The molecule has 40 heavy (non-hydrogen) atoms. The van der Waals surface area contributed by atoms with Crippen LogP contribution in [0.25, 0.3) is 11.8 Å². The molecule has 2 N–H and O–H groups in total. The van der Waals surface area contributed by atoms with Gasteiger partial charge in [0.15, 0.2) is 5.11 Å². The maximum atomic E-state index is 13.4. The lowest BCUT2D eigenvalue weighted by Crippen LogP contribution is -2.54. The molecule has 8 nitrogen and oxygen atoms in total. The number of aromatic carboxylic acids is 1. The Labute approximate surface area is 236 Å². The Morgan fingerprint density at radius 3 is 2.38 bits per heavy atom. The molecule has 2 heterocycles. The minimum Gasteiger partial charge on any atom is -0.489 e. The van der Waals surface area contributed by atoms with Gasteiger partial charge in [0.05, 0.1) is 11.3 Å². The molecule has 200 valence electrons. The van der Waals surface area contributed by atoms with E-state index in [0.717, 1.165) is 33.3 Å². The van der Waals surface area contributed by atoms with Crippen LogP contribution in [0.3, 0.4) is 0 Å². The van der Waals surface area contributed by atoms with Crippen LogP contribution in [0.1, 0.15) is 32.9 Å². The number of hydrogen-bond donors (Lipinski definition) is 2. The van der Waals surface area contributed by atoms with E-state index in [1.807, 2.05) is 79.1 Å². The number of thiocarbonyl (C=S) groups is 1. The van der Waals surface area contributed by atoms with Crippen molar-refractivity contribution in [3.63, 3.8) is 0 Å². The molecule has 5 rings (SSSR count). The number of rotatable bonds is 7. The second-order valence-corrected chi connectivity index (χ2v) is 9.63. The molecule has 4 aromatic rings. The zero-order valence-electron chi connectivity index (χ0n) is 21.8. The van der Waals surface area contributed by atoms with E-state index in [1.165, 1.54) is 24.3 Å². The highest BCUT2D eigenvalue weighted by Crippen LogP contribution is 2.27. The Morgan fingerprint density at radius 1 is 0.950 bits per heavy atom. The third kappa shape index (κ3) is 5.27. The van der Waals surface area contributed by atoms with Crippen molar-refractivity contribution in [2.24, 2.45) is 0 Å². The first kappa shape index (κ1) is 26.6. The number of carbonyl (C=O) groups excluding carboxylic acids is 2. The van der Waals surface area contributed by atoms with E-state index in [2.05, 4.69) is 5.32 Å². The second-order valence-electron chi connectivity index (χ2n) is 9.24. The van der Waals surface area contributed by atoms with E-state index in [4.69, 9.17) is 17.0 Å². The van der Waals surface area contributed by atoms with Gasteiger partial charge in [-0.1, -0.05) is 36.4 Å². The highest BCUT2D eigenvalue weighted by Gasteiger charge is 2.35. The third-order valence-electron chi connectivity index (χ3n) is 6.57. The predicted molar refractivity (Wildman–Crippen MR) is 156 cm³/mol. The fraction of sp³-hybridized carbons (Fsp3) is 0.0968. The average Bonchev–Trinajstić information content (AvgIpc) is 3.23. The van der Waals surface area contributed by atoms with Gasteiger partial charge < -0.3 is 14.4 Å². The summed E-state index contributed by atoms with van der Waals surface area (Å²) in [6, 6.07) is 25.3. The Kier molecular flexibility index (Phi) is 7.31. The Balaban J connectivity index is 1.41. The maximum absolute atomic E-state index is 13.4. The number of benzene rings is 3. The van der Waals surface area contributed by atoms with Gasteiger partial charge in [-0.15, -0.1) is 0 Å². The molecule has 0 bridgehead atoms. The van der Waals surface area contributed by atoms with Crippen molar-refractivity contribution >= 4 is 46.9 Å². The summed E-state index contributed by atoms with van der Waals surface area (Å²) in [6.07, 6.45) is 1.53. The molecule has 0 unspecified atom stereocenters. The van der Waals surface area contributed by atoms with Crippen molar-refractivity contribution in [2.45, 2.75) is 20.5 Å². The summed E-state index contributed by atoms with van der Waals surface area (Å²) in [7, 11) is 0. The number of carboxylic acids is 1. The van der Waals surface area contributed by atoms with Crippen molar-refractivity contribution in [1.29, 1.82) is 0 Å². The molecule has 9 heteroatoms. The number of nitrogens with zero attached hydrogens (tertiary/aromatic N) is 2. The number of anilines is 1. The van der Waals surface area contributed by atoms with Crippen molar-refractivity contribution < 1.29 is 24.2 Å².